The van der Waals surface area contributed by atoms with E-state index in [-0.39, 0.29) is 17.2 Å². The van der Waals surface area contributed by atoms with Crippen LogP contribution in [0.3, 0.4) is 0 Å². The van der Waals surface area contributed by atoms with Crippen LogP contribution in [0.15, 0.2) is 0 Å². The summed E-state index contributed by atoms with van der Waals surface area (Å²) < 4.78 is 0. The highest BCUT2D eigenvalue weighted by atomic mass is 16.2. The number of nitrogens with two attached hydrogens (primary N) is 1. The van der Waals surface area contributed by atoms with Gasteiger partial charge in [-0.3, -0.25) is 9.59 Å². The molecular formula is C12H21N3O2. The van der Waals surface area contributed by atoms with Gasteiger partial charge in [-0.25, -0.2) is 0 Å². The van der Waals surface area contributed by atoms with E-state index >= 15 is 0 Å². The van der Waals surface area contributed by atoms with Crippen molar-refractivity contribution >= 4 is 11.8 Å². The molecule has 0 aromatic heterocycles. The van der Waals surface area contributed by atoms with E-state index in [1.807, 2.05) is 13.8 Å². The summed E-state index contributed by atoms with van der Waals surface area (Å²) in [7, 11) is 0. The smallest absolute Gasteiger partial charge is 0.240 e. The summed E-state index contributed by atoms with van der Waals surface area (Å²) in [6.45, 7) is 6.15. The molecule has 0 saturated carbocycles. The first-order valence-corrected chi connectivity index (χ1v) is 6.29. The van der Waals surface area contributed by atoms with Crippen LogP contribution in [0.2, 0.25) is 0 Å². The highest BCUT2D eigenvalue weighted by molar-refractivity contribution is 5.91. The van der Waals surface area contributed by atoms with Crippen molar-refractivity contribution in [2.45, 2.75) is 32.7 Å². The Balaban J connectivity index is 2.18. The maximum absolute atomic E-state index is 12.5. The Morgan fingerprint density at radius 1 is 1.47 bits per heavy atom. The summed E-state index contributed by atoms with van der Waals surface area (Å²) in [4.78, 5) is 25.6. The highest BCUT2D eigenvalue weighted by Gasteiger charge is 2.51. The number of hydrogen-bond donors (Lipinski definition) is 2. The van der Waals surface area contributed by atoms with E-state index in [1.165, 1.54) is 0 Å². The fraction of sp³-hybridized carbons (Fsp3) is 0.833. The quantitative estimate of drug-likeness (QED) is 0.710. The van der Waals surface area contributed by atoms with Gasteiger partial charge < -0.3 is 16.0 Å². The zero-order valence-corrected chi connectivity index (χ0v) is 10.5. The van der Waals surface area contributed by atoms with Crippen molar-refractivity contribution in [2.75, 3.05) is 19.6 Å². The average Bonchev–Trinajstić information content (AvgIpc) is 2.81. The van der Waals surface area contributed by atoms with Crippen molar-refractivity contribution in [1.29, 1.82) is 0 Å². The van der Waals surface area contributed by atoms with Gasteiger partial charge in [0.25, 0.3) is 0 Å². The lowest BCUT2D eigenvalue weighted by molar-refractivity contribution is -0.142. The standard InChI is InChI=1S/C12H21N3O2/c1-8(2)9(10(13)16)15-6-4-12(11(15)17)3-5-14-7-12/h8-9,14H,3-7H2,1-2H3,(H2,13,16)/t9?,12-/m0/s1. The van der Waals surface area contributed by atoms with Gasteiger partial charge in [0.15, 0.2) is 0 Å². The predicted octanol–water partition coefficient (Wildman–Crippen LogP) is -0.292. The van der Waals surface area contributed by atoms with Gasteiger partial charge in [0.2, 0.25) is 11.8 Å². The second-order valence-corrected chi connectivity index (χ2v) is 5.55. The number of nitrogens with zero attached hydrogens (tertiary/aromatic N) is 1. The molecule has 5 nitrogen and oxygen atoms in total. The maximum Gasteiger partial charge on any atom is 0.240 e. The van der Waals surface area contributed by atoms with Gasteiger partial charge in [-0.2, -0.15) is 0 Å². The van der Waals surface area contributed by atoms with E-state index in [9.17, 15) is 9.59 Å². The largest absolute Gasteiger partial charge is 0.368 e. The summed E-state index contributed by atoms with van der Waals surface area (Å²) in [6.07, 6.45) is 1.72. The summed E-state index contributed by atoms with van der Waals surface area (Å²) in [5.74, 6) is -0.211. The second-order valence-electron chi connectivity index (χ2n) is 5.55. The van der Waals surface area contributed by atoms with Crippen molar-refractivity contribution in [3.05, 3.63) is 0 Å². The maximum atomic E-state index is 12.5. The Morgan fingerprint density at radius 2 is 2.18 bits per heavy atom. The van der Waals surface area contributed by atoms with E-state index in [4.69, 9.17) is 5.73 Å². The third kappa shape index (κ3) is 1.92. The first-order chi connectivity index (χ1) is 7.98. The van der Waals surface area contributed by atoms with E-state index in [1.54, 1.807) is 4.90 Å². The van der Waals surface area contributed by atoms with Crippen LogP contribution in [0.25, 0.3) is 0 Å². The molecule has 1 spiro atoms. The van der Waals surface area contributed by atoms with Crippen LogP contribution in [-0.4, -0.2) is 42.4 Å². The van der Waals surface area contributed by atoms with Crippen LogP contribution in [-0.2, 0) is 9.59 Å². The van der Waals surface area contributed by atoms with E-state index in [2.05, 4.69) is 5.32 Å². The Kier molecular flexibility index (Phi) is 3.12. The lowest BCUT2D eigenvalue weighted by Gasteiger charge is -2.30. The van der Waals surface area contributed by atoms with Crippen LogP contribution < -0.4 is 11.1 Å². The SMILES string of the molecule is CC(C)C(C(N)=O)N1CC[C@]2(CCNC2)C1=O. The minimum atomic E-state index is -0.456. The zero-order chi connectivity index (χ0) is 12.6. The number of hydrogen-bond acceptors (Lipinski definition) is 3. The molecule has 5 heteroatoms. The summed E-state index contributed by atoms with van der Waals surface area (Å²) in [5.41, 5.74) is 5.16. The van der Waals surface area contributed by atoms with Crippen molar-refractivity contribution in [2.24, 2.45) is 17.1 Å². The number of carbonyl (C=O) groups excluding carboxylic acids is 2. The molecule has 2 heterocycles. The molecule has 0 aromatic carbocycles. The third-order valence-electron chi connectivity index (χ3n) is 4.05. The van der Waals surface area contributed by atoms with E-state index in [0.717, 1.165) is 25.9 Å². The molecule has 17 heavy (non-hydrogen) atoms. The van der Waals surface area contributed by atoms with Crippen LogP contribution in [0, 0.1) is 11.3 Å². The van der Waals surface area contributed by atoms with Gasteiger partial charge in [0.05, 0.1) is 5.41 Å². The molecule has 0 aromatic rings. The predicted molar refractivity (Wildman–Crippen MR) is 64.1 cm³/mol. The van der Waals surface area contributed by atoms with Crippen LogP contribution in [0.4, 0.5) is 0 Å². The number of nitrogens with one attached hydrogen (secondary N) is 1. The van der Waals surface area contributed by atoms with Crippen LogP contribution >= 0.6 is 0 Å². The molecule has 0 aliphatic carbocycles. The molecule has 0 radical (unpaired) electrons. The molecule has 1 unspecified atom stereocenters. The molecule has 2 fully saturated rings. The van der Waals surface area contributed by atoms with Gasteiger partial charge >= 0.3 is 0 Å². The summed E-state index contributed by atoms with van der Waals surface area (Å²) in [5, 5.41) is 3.24. The van der Waals surface area contributed by atoms with E-state index in [0.29, 0.717) is 6.54 Å². The second kappa shape index (κ2) is 4.29. The minimum absolute atomic E-state index is 0.0703. The topological polar surface area (TPSA) is 75.4 Å². The highest BCUT2D eigenvalue weighted by Crippen LogP contribution is 2.38. The number of primary amides is 1. The molecule has 2 amide bonds. The molecule has 2 aliphatic heterocycles. The average molecular weight is 239 g/mol. The van der Waals surface area contributed by atoms with Gasteiger partial charge in [-0.05, 0) is 25.3 Å². The normalized spacial score (nSPS) is 30.5. The molecular weight excluding hydrogens is 218 g/mol. The molecule has 2 rings (SSSR count). The third-order valence-corrected chi connectivity index (χ3v) is 4.05. The van der Waals surface area contributed by atoms with Gasteiger partial charge in [0.1, 0.15) is 6.04 Å². The van der Waals surface area contributed by atoms with E-state index < -0.39 is 11.9 Å². The molecule has 96 valence electrons. The molecule has 0 bridgehead atoms. The van der Waals surface area contributed by atoms with Crippen LogP contribution in [0.1, 0.15) is 26.7 Å². The lowest BCUT2D eigenvalue weighted by atomic mass is 9.85. The van der Waals surface area contributed by atoms with Crippen molar-refractivity contribution in [1.82, 2.24) is 10.2 Å². The lowest BCUT2D eigenvalue weighted by Crippen LogP contribution is -2.50. The van der Waals surface area contributed by atoms with Crippen LogP contribution in [0.5, 0.6) is 0 Å². The Morgan fingerprint density at radius 3 is 2.65 bits per heavy atom. The number of rotatable bonds is 3. The minimum Gasteiger partial charge on any atom is -0.368 e. The zero-order valence-electron chi connectivity index (χ0n) is 10.5. The summed E-state index contributed by atoms with van der Waals surface area (Å²) in [6, 6.07) is -0.456. The fourth-order valence-electron chi connectivity index (χ4n) is 3.09. The van der Waals surface area contributed by atoms with Crippen molar-refractivity contribution < 1.29 is 9.59 Å². The molecule has 2 atom stereocenters. The number of likely N-dealkylation sites (tertiary alicyclic amines) is 1. The molecule has 2 aliphatic rings. The van der Waals surface area contributed by atoms with Gasteiger partial charge in [-0.1, -0.05) is 13.8 Å². The van der Waals surface area contributed by atoms with Gasteiger partial charge in [0, 0.05) is 13.1 Å². The molecule has 2 saturated heterocycles. The van der Waals surface area contributed by atoms with Crippen molar-refractivity contribution in [3.63, 3.8) is 0 Å². The first-order valence-electron chi connectivity index (χ1n) is 6.29. The van der Waals surface area contributed by atoms with Crippen molar-refractivity contribution in [3.8, 4) is 0 Å². The monoisotopic (exact) mass is 239 g/mol. The number of amides is 2. The fourth-order valence-corrected chi connectivity index (χ4v) is 3.09. The van der Waals surface area contributed by atoms with Gasteiger partial charge in [-0.15, -0.1) is 0 Å². The number of carbonyl (C=O) groups is 2. The Labute approximate surface area is 102 Å². The molecule has 3 N–H and O–H groups in total. The Hall–Kier alpha value is -1.10. The summed E-state index contributed by atoms with van der Waals surface area (Å²) >= 11 is 0. The Bertz CT molecular complexity index is 335. The first kappa shape index (κ1) is 12.4.